The molecule has 0 aromatic carbocycles. The molecule has 0 saturated carbocycles. The molecule has 1 aromatic heterocycles. The molecule has 1 aliphatic heterocycles. The molecule has 1 fully saturated rings. The van der Waals surface area contributed by atoms with Crippen molar-refractivity contribution < 1.29 is 4.74 Å². The summed E-state index contributed by atoms with van der Waals surface area (Å²) < 4.78 is 7.50. The maximum atomic E-state index is 5.39. The molecule has 1 aliphatic rings. The fourth-order valence-corrected chi connectivity index (χ4v) is 1.97. The summed E-state index contributed by atoms with van der Waals surface area (Å²) in [7, 11) is 0. The highest BCUT2D eigenvalue weighted by atomic mass is 16.5. The zero-order chi connectivity index (χ0) is 10.7. The molecule has 0 spiro atoms. The summed E-state index contributed by atoms with van der Waals surface area (Å²) in [6, 6.07) is 0.431. The smallest absolute Gasteiger partial charge is 0.202 e. The number of rotatable bonds is 4. The minimum absolute atomic E-state index is 0.431. The zero-order valence-electron chi connectivity index (χ0n) is 9.44. The average Bonchev–Trinajstić information content (AvgIpc) is 2.87. The SMILES string of the molecule is CCn1ccnc1NC(C)C1CCOC1. The lowest BCUT2D eigenvalue weighted by atomic mass is 10.0. The Morgan fingerprint density at radius 3 is 3.27 bits per heavy atom. The van der Waals surface area contributed by atoms with Crippen LogP contribution in [0.25, 0.3) is 0 Å². The lowest BCUT2D eigenvalue weighted by molar-refractivity contribution is 0.183. The van der Waals surface area contributed by atoms with Crippen molar-refractivity contribution in [1.29, 1.82) is 0 Å². The van der Waals surface area contributed by atoms with Gasteiger partial charge in [-0.25, -0.2) is 4.98 Å². The van der Waals surface area contributed by atoms with Crippen molar-refractivity contribution in [3.8, 4) is 0 Å². The van der Waals surface area contributed by atoms with E-state index in [9.17, 15) is 0 Å². The summed E-state index contributed by atoms with van der Waals surface area (Å²) in [5, 5.41) is 3.46. The van der Waals surface area contributed by atoms with E-state index < -0.39 is 0 Å². The van der Waals surface area contributed by atoms with Gasteiger partial charge in [-0.05, 0) is 20.3 Å². The Balaban J connectivity index is 1.95. The van der Waals surface area contributed by atoms with Crippen molar-refractivity contribution in [3.63, 3.8) is 0 Å². The van der Waals surface area contributed by atoms with Gasteiger partial charge in [-0.3, -0.25) is 0 Å². The fraction of sp³-hybridized carbons (Fsp3) is 0.727. The molecular formula is C11H19N3O. The van der Waals surface area contributed by atoms with E-state index in [1.807, 2.05) is 12.4 Å². The van der Waals surface area contributed by atoms with Gasteiger partial charge in [0.05, 0.1) is 6.61 Å². The number of aryl methyl sites for hydroxylation is 1. The van der Waals surface area contributed by atoms with Gasteiger partial charge in [-0.1, -0.05) is 0 Å². The van der Waals surface area contributed by atoms with Gasteiger partial charge in [0.1, 0.15) is 0 Å². The first kappa shape index (κ1) is 10.5. The topological polar surface area (TPSA) is 39.1 Å². The van der Waals surface area contributed by atoms with E-state index in [2.05, 4.69) is 28.7 Å². The number of hydrogen-bond donors (Lipinski definition) is 1. The van der Waals surface area contributed by atoms with Crippen LogP contribution in [0.3, 0.4) is 0 Å². The molecule has 15 heavy (non-hydrogen) atoms. The maximum absolute atomic E-state index is 5.39. The third-order valence-corrected chi connectivity index (χ3v) is 3.08. The van der Waals surface area contributed by atoms with Crippen LogP contribution in [0.5, 0.6) is 0 Å². The minimum Gasteiger partial charge on any atom is -0.381 e. The number of aromatic nitrogens is 2. The molecule has 0 aliphatic carbocycles. The number of hydrogen-bond acceptors (Lipinski definition) is 3. The summed E-state index contributed by atoms with van der Waals surface area (Å²) in [5.74, 6) is 1.59. The monoisotopic (exact) mass is 209 g/mol. The van der Waals surface area contributed by atoms with Crippen molar-refractivity contribution in [2.24, 2.45) is 5.92 Å². The van der Waals surface area contributed by atoms with Crippen molar-refractivity contribution in [2.75, 3.05) is 18.5 Å². The molecule has 1 saturated heterocycles. The first-order valence-electron chi connectivity index (χ1n) is 5.66. The van der Waals surface area contributed by atoms with Gasteiger partial charge >= 0.3 is 0 Å². The van der Waals surface area contributed by atoms with Crippen molar-refractivity contribution >= 4 is 5.95 Å². The van der Waals surface area contributed by atoms with E-state index >= 15 is 0 Å². The quantitative estimate of drug-likeness (QED) is 0.821. The Kier molecular flexibility index (Phi) is 3.26. The van der Waals surface area contributed by atoms with Crippen molar-refractivity contribution in [3.05, 3.63) is 12.4 Å². The van der Waals surface area contributed by atoms with E-state index in [1.54, 1.807) is 0 Å². The Morgan fingerprint density at radius 1 is 1.73 bits per heavy atom. The van der Waals surface area contributed by atoms with Gasteiger partial charge < -0.3 is 14.6 Å². The normalized spacial score (nSPS) is 22.9. The second-order valence-electron chi connectivity index (χ2n) is 4.09. The van der Waals surface area contributed by atoms with E-state index in [0.717, 1.165) is 32.1 Å². The predicted octanol–water partition coefficient (Wildman–Crippen LogP) is 1.74. The van der Waals surface area contributed by atoms with Crippen LogP contribution in [-0.4, -0.2) is 28.8 Å². The molecule has 4 heteroatoms. The summed E-state index contributed by atoms with van der Waals surface area (Å²) >= 11 is 0. The van der Waals surface area contributed by atoms with E-state index in [0.29, 0.717) is 12.0 Å². The molecule has 4 nitrogen and oxygen atoms in total. The third-order valence-electron chi connectivity index (χ3n) is 3.08. The Morgan fingerprint density at radius 2 is 2.60 bits per heavy atom. The summed E-state index contributed by atoms with van der Waals surface area (Å²) in [4.78, 5) is 4.31. The van der Waals surface area contributed by atoms with Crippen molar-refractivity contribution in [1.82, 2.24) is 9.55 Å². The standard InChI is InChI=1S/C11H19N3O/c1-3-14-6-5-12-11(14)13-9(2)10-4-7-15-8-10/h5-6,9-10H,3-4,7-8H2,1-2H3,(H,12,13). The number of ether oxygens (including phenoxy) is 1. The molecular weight excluding hydrogens is 190 g/mol. The number of imidazole rings is 1. The molecule has 0 amide bonds. The van der Waals surface area contributed by atoms with Gasteiger partial charge in [-0.2, -0.15) is 0 Å². The lowest BCUT2D eigenvalue weighted by Gasteiger charge is -2.20. The molecule has 1 aromatic rings. The summed E-state index contributed by atoms with van der Waals surface area (Å²) in [6.07, 6.45) is 4.99. The molecule has 0 bridgehead atoms. The number of nitrogens with one attached hydrogen (secondary N) is 1. The van der Waals surface area contributed by atoms with Gasteiger partial charge in [0, 0.05) is 37.5 Å². The van der Waals surface area contributed by atoms with Crippen LogP contribution in [0.4, 0.5) is 5.95 Å². The van der Waals surface area contributed by atoms with Gasteiger partial charge in [0.15, 0.2) is 0 Å². The molecule has 2 atom stereocenters. The highest BCUT2D eigenvalue weighted by molar-refractivity contribution is 5.27. The van der Waals surface area contributed by atoms with Crippen LogP contribution < -0.4 is 5.32 Å². The van der Waals surface area contributed by atoms with Crippen LogP contribution in [0.2, 0.25) is 0 Å². The molecule has 1 N–H and O–H groups in total. The fourth-order valence-electron chi connectivity index (χ4n) is 1.97. The van der Waals surface area contributed by atoms with Crippen LogP contribution in [-0.2, 0) is 11.3 Å². The van der Waals surface area contributed by atoms with Crippen LogP contribution in [0.15, 0.2) is 12.4 Å². The van der Waals surface area contributed by atoms with Crippen LogP contribution in [0.1, 0.15) is 20.3 Å². The predicted molar refractivity (Wildman–Crippen MR) is 59.9 cm³/mol. The van der Waals surface area contributed by atoms with Gasteiger partial charge in [0.25, 0.3) is 0 Å². The van der Waals surface area contributed by atoms with Gasteiger partial charge in [0.2, 0.25) is 5.95 Å². The highest BCUT2D eigenvalue weighted by Crippen LogP contribution is 2.19. The zero-order valence-corrected chi connectivity index (χ0v) is 9.44. The first-order valence-corrected chi connectivity index (χ1v) is 5.66. The second kappa shape index (κ2) is 4.66. The Bertz CT molecular complexity index is 305. The molecule has 2 heterocycles. The Hall–Kier alpha value is -1.03. The second-order valence-corrected chi connectivity index (χ2v) is 4.09. The Labute approximate surface area is 90.6 Å². The van der Waals surface area contributed by atoms with Gasteiger partial charge in [-0.15, -0.1) is 0 Å². The van der Waals surface area contributed by atoms with Crippen LogP contribution in [0, 0.1) is 5.92 Å². The highest BCUT2D eigenvalue weighted by Gasteiger charge is 2.22. The van der Waals surface area contributed by atoms with E-state index in [4.69, 9.17) is 4.74 Å². The largest absolute Gasteiger partial charge is 0.381 e. The number of anilines is 1. The minimum atomic E-state index is 0.431. The summed E-state index contributed by atoms with van der Waals surface area (Å²) in [5.41, 5.74) is 0. The number of nitrogens with zero attached hydrogens (tertiary/aromatic N) is 2. The third kappa shape index (κ3) is 2.31. The molecule has 2 rings (SSSR count). The molecule has 0 radical (unpaired) electrons. The first-order chi connectivity index (χ1) is 7.31. The average molecular weight is 209 g/mol. The summed E-state index contributed by atoms with van der Waals surface area (Å²) in [6.45, 7) is 7.06. The maximum Gasteiger partial charge on any atom is 0.202 e. The van der Waals surface area contributed by atoms with E-state index in [1.165, 1.54) is 0 Å². The van der Waals surface area contributed by atoms with E-state index in [-0.39, 0.29) is 0 Å². The van der Waals surface area contributed by atoms with Crippen LogP contribution >= 0.6 is 0 Å². The molecule has 2 unspecified atom stereocenters. The van der Waals surface area contributed by atoms with Crippen molar-refractivity contribution in [2.45, 2.75) is 32.9 Å². The molecule has 84 valence electrons. The lowest BCUT2D eigenvalue weighted by Crippen LogP contribution is -2.27.